The number of thioether (sulfide) groups is 1. The summed E-state index contributed by atoms with van der Waals surface area (Å²) in [4.78, 5) is 20.7. The Hall–Kier alpha value is -0.550. The average Bonchev–Trinajstić information content (AvgIpc) is 2.10. The molecule has 0 spiro atoms. The van der Waals surface area contributed by atoms with Crippen molar-refractivity contribution in [2.24, 2.45) is 5.73 Å². The highest BCUT2D eigenvalue weighted by Crippen LogP contribution is 1.98. The Morgan fingerprint density at radius 1 is 1.75 bits per heavy atom. The summed E-state index contributed by atoms with van der Waals surface area (Å²) in [6.07, 6.45) is 4.15. The third-order valence-corrected chi connectivity index (χ3v) is 1.95. The summed E-state index contributed by atoms with van der Waals surface area (Å²) in [7, 11) is 0. The fourth-order valence-electron chi connectivity index (χ4n) is 0.630. The van der Waals surface area contributed by atoms with Gasteiger partial charge in [0.2, 0.25) is 12.2 Å². The number of carbonyl (C=O) groups is 1. The number of hydrogen-bond donors (Lipinski definition) is 2. The lowest BCUT2D eigenvalue weighted by atomic mass is 10.2. The molecule has 69 valence electrons. The Morgan fingerprint density at radius 3 is 2.92 bits per heavy atom. The van der Waals surface area contributed by atoms with Gasteiger partial charge in [0.25, 0.3) is 0 Å². The molecule has 12 heavy (non-hydrogen) atoms. The van der Waals surface area contributed by atoms with Gasteiger partial charge in [0, 0.05) is 0 Å². The number of nitrogens with two attached hydrogens (primary N) is 1. The number of amides is 1. The van der Waals surface area contributed by atoms with Gasteiger partial charge in [0.15, 0.2) is 0 Å². The van der Waals surface area contributed by atoms with Crippen LogP contribution in [0.5, 0.6) is 0 Å². The molecule has 0 unspecified atom stereocenters. The van der Waals surface area contributed by atoms with Gasteiger partial charge in [0.05, 0.1) is 12.6 Å². The molecule has 0 rings (SSSR count). The van der Waals surface area contributed by atoms with Crippen molar-refractivity contribution in [2.75, 3.05) is 18.6 Å². The molecule has 0 aromatic heterocycles. The highest BCUT2D eigenvalue weighted by atomic mass is 32.2. The van der Waals surface area contributed by atoms with Gasteiger partial charge in [-0.2, -0.15) is 11.8 Å². The van der Waals surface area contributed by atoms with Gasteiger partial charge in [-0.1, -0.05) is 0 Å². The average molecular weight is 189 g/mol. The van der Waals surface area contributed by atoms with E-state index in [0.717, 1.165) is 5.75 Å². The third kappa shape index (κ3) is 5.15. The molecule has 5 heteroatoms. The van der Waals surface area contributed by atoms with E-state index in [1.54, 1.807) is 18.0 Å². The Labute approximate surface area is 76.3 Å². The standard InChI is InChI=1S/C7H13N2O2S/c1-12-5-2-6(8)7(11)9-3-4-10/h6H,2-3,5,8H2,1H3,(H,9,11)/t6-/m0/s1. The molecule has 0 aliphatic carbocycles. The number of carbonyl (C=O) groups excluding carboxylic acids is 2. The van der Waals surface area contributed by atoms with Gasteiger partial charge < -0.3 is 11.1 Å². The molecule has 0 aromatic rings. The van der Waals surface area contributed by atoms with Crippen LogP contribution < -0.4 is 11.1 Å². The molecule has 0 saturated heterocycles. The minimum Gasteiger partial charge on any atom is -0.347 e. The van der Waals surface area contributed by atoms with Crippen LogP contribution in [0.15, 0.2) is 0 Å². The maximum atomic E-state index is 11.0. The lowest BCUT2D eigenvalue weighted by molar-refractivity contribution is -0.122. The summed E-state index contributed by atoms with van der Waals surface area (Å²) < 4.78 is 0. The lowest BCUT2D eigenvalue weighted by Crippen LogP contribution is -2.41. The van der Waals surface area contributed by atoms with Crippen LogP contribution in [0.25, 0.3) is 0 Å². The molecule has 0 saturated carbocycles. The number of hydrogen-bond acceptors (Lipinski definition) is 4. The summed E-state index contributed by atoms with van der Waals surface area (Å²) in [5.41, 5.74) is 5.49. The van der Waals surface area contributed by atoms with E-state index >= 15 is 0 Å². The molecule has 3 N–H and O–H groups in total. The van der Waals surface area contributed by atoms with Gasteiger partial charge in [-0.3, -0.25) is 9.59 Å². The first-order valence-electron chi connectivity index (χ1n) is 3.59. The van der Waals surface area contributed by atoms with E-state index in [-0.39, 0.29) is 12.5 Å². The molecular formula is C7H13N2O2S. The molecule has 4 nitrogen and oxygen atoms in total. The van der Waals surface area contributed by atoms with Crippen molar-refractivity contribution < 1.29 is 9.59 Å². The molecule has 0 bridgehead atoms. The minimum absolute atomic E-state index is 0.0776. The van der Waals surface area contributed by atoms with Crippen LogP contribution in [0.4, 0.5) is 0 Å². The Morgan fingerprint density at radius 2 is 2.42 bits per heavy atom. The van der Waals surface area contributed by atoms with Crippen LogP contribution in [0.3, 0.4) is 0 Å². The molecule has 0 heterocycles. The van der Waals surface area contributed by atoms with Crippen LogP contribution in [-0.4, -0.2) is 36.8 Å². The summed E-state index contributed by atoms with van der Waals surface area (Å²) in [6, 6.07) is -0.509. The molecule has 0 fully saturated rings. The van der Waals surface area contributed by atoms with Gasteiger partial charge in [-0.25, -0.2) is 0 Å². The van der Waals surface area contributed by atoms with Gasteiger partial charge in [-0.05, 0) is 18.4 Å². The quantitative estimate of drug-likeness (QED) is 0.579. The van der Waals surface area contributed by atoms with Crippen LogP contribution in [0.2, 0.25) is 0 Å². The van der Waals surface area contributed by atoms with Crippen molar-refractivity contribution in [3.05, 3.63) is 0 Å². The smallest absolute Gasteiger partial charge is 0.237 e. The Balaban J connectivity index is 3.53. The molecule has 1 atom stereocenters. The van der Waals surface area contributed by atoms with Gasteiger partial charge >= 0.3 is 0 Å². The molecule has 0 aromatic carbocycles. The number of nitrogens with one attached hydrogen (secondary N) is 1. The van der Waals surface area contributed by atoms with E-state index in [9.17, 15) is 9.59 Å². The zero-order valence-corrected chi connectivity index (χ0v) is 7.82. The van der Waals surface area contributed by atoms with Crippen molar-refractivity contribution in [3.63, 3.8) is 0 Å². The highest BCUT2D eigenvalue weighted by molar-refractivity contribution is 7.98. The number of rotatable bonds is 6. The van der Waals surface area contributed by atoms with Crippen molar-refractivity contribution in [1.29, 1.82) is 0 Å². The van der Waals surface area contributed by atoms with Crippen LogP contribution in [0.1, 0.15) is 6.42 Å². The van der Waals surface area contributed by atoms with Crippen molar-refractivity contribution in [3.8, 4) is 0 Å². The molecule has 1 radical (unpaired) electrons. The zero-order chi connectivity index (χ0) is 9.40. The van der Waals surface area contributed by atoms with Crippen LogP contribution >= 0.6 is 11.8 Å². The Bertz CT molecular complexity index is 152. The van der Waals surface area contributed by atoms with E-state index in [0.29, 0.717) is 6.42 Å². The summed E-state index contributed by atoms with van der Waals surface area (Å²) in [6.45, 7) is -0.0776. The maximum Gasteiger partial charge on any atom is 0.237 e. The molecule has 1 amide bonds. The Kier molecular flexibility index (Phi) is 6.79. The van der Waals surface area contributed by atoms with Gasteiger partial charge in [0.1, 0.15) is 0 Å². The summed E-state index contributed by atoms with van der Waals surface area (Å²) in [5.74, 6) is 0.562. The van der Waals surface area contributed by atoms with Crippen LogP contribution in [-0.2, 0) is 9.59 Å². The second-order valence-corrected chi connectivity index (χ2v) is 3.24. The fourth-order valence-corrected chi connectivity index (χ4v) is 1.12. The minimum atomic E-state index is -0.509. The molecule has 0 aliphatic rings. The maximum absolute atomic E-state index is 11.0. The van der Waals surface area contributed by atoms with E-state index < -0.39 is 6.04 Å². The topological polar surface area (TPSA) is 72.2 Å². The fraction of sp³-hybridized carbons (Fsp3) is 0.714. The SMILES string of the molecule is CSCC[C@H](N)C(=O)NC[C]=O. The zero-order valence-electron chi connectivity index (χ0n) is 7.00. The summed E-state index contributed by atoms with van der Waals surface area (Å²) >= 11 is 1.63. The van der Waals surface area contributed by atoms with E-state index in [4.69, 9.17) is 5.73 Å². The second-order valence-electron chi connectivity index (χ2n) is 2.25. The molecule has 0 aliphatic heterocycles. The largest absolute Gasteiger partial charge is 0.347 e. The highest BCUT2D eigenvalue weighted by Gasteiger charge is 2.11. The first kappa shape index (κ1) is 11.4. The lowest BCUT2D eigenvalue weighted by Gasteiger charge is -2.08. The molecular weight excluding hydrogens is 176 g/mol. The predicted molar refractivity (Wildman–Crippen MR) is 49.7 cm³/mol. The van der Waals surface area contributed by atoms with Gasteiger partial charge in [-0.15, -0.1) is 0 Å². The van der Waals surface area contributed by atoms with E-state index in [1.165, 1.54) is 0 Å². The summed E-state index contributed by atoms with van der Waals surface area (Å²) in [5, 5.41) is 2.34. The second kappa shape index (κ2) is 7.12. The van der Waals surface area contributed by atoms with Crippen molar-refractivity contribution >= 4 is 24.0 Å². The van der Waals surface area contributed by atoms with Crippen molar-refractivity contribution in [2.45, 2.75) is 12.5 Å². The first-order valence-corrected chi connectivity index (χ1v) is 4.99. The van der Waals surface area contributed by atoms with E-state index in [2.05, 4.69) is 5.32 Å². The first-order chi connectivity index (χ1) is 5.72. The third-order valence-electron chi connectivity index (χ3n) is 1.30. The van der Waals surface area contributed by atoms with E-state index in [1.807, 2.05) is 6.26 Å². The predicted octanol–water partition coefficient (Wildman–Crippen LogP) is -0.707. The van der Waals surface area contributed by atoms with Crippen molar-refractivity contribution in [1.82, 2.24) is 5.32 Å². The normalized spacial score (nSPS) is 12.2. The monoisotopic (exact) mass is 189 g/mol. The van der Waals surface area contributed by atoms with Crippen LogP contribution in [0, 0.1) is 0 Å².